The molecule has 10 nitrogen and oxygen atoms in total. The number of carbonyl (C=O) groups excluding carboxylic acids is 2. The second kappa shape index (κ2) is 24.4. The zero-order valence-electron chi connectivity index (χ0n) is 45.7. The molecule has 0 aromatic heterocycles. The van der Waals surface area contributed by atoms with Gasteiger partial charge in [0.25, 0.3) is 0 Å². The number of benzene rings is 4. The maximum absolute atomic E-state index is 13.6. The number of phenolic OH excluding ortho intramolecular Hbond substituents is 3. The summed E-state index contributed by atoms with van der Waals surface area (Å²) < 4.78 is 6.45. The summed E-state index contributed by atoms with van der Waals surface area (Å²) in [6.45, 7) is 31.3. The molecule has 4 aromatic rings. The highest BCUT2D eigenvalue weighted by Crippen LogP contribution is 2.42. The van der Waals surface area contributed by atoms with Crippen molar-refractivity contribution in [1.29, 1.82) is 0 Å². The summed E-state index contributed by atoms with van der Waals surface area (Å²) in [7, 11) is 0. The topological polar surface area (TPSA) is 152 Å². The monoisotopic (exact) mass is 964 g/mol. The van der Waals surface area contributed by atoms with E-state index >= 15 is 0 Å². The molecular formula is C60H89N3O7. The molecule has 10 heteroatoms. The number of hydroxylamine groups is 2. The van der Waals surface area contributed by atoms with Crippen molar-refractivity contribution in [3.8, 4) is 23.0 Å². The van der Waals surface area contributed by atoms with Gasteiger partial charge < -0.3 is 35.9 Å². The van der Waals surface area contributed by atoms with Gasteiger partial charge in [0.05, 0.1) is 19.7 Å². The molecule has 0 spiro atoms. The number of aryl methyl sites for hydroxylation is 4. The molecule has 0 heterocycles. The first-order valence-corrected chi connectivity index (χ1v) is 25.9. The highest BCUT2D eigenvalue weighted by Gasteiger charge is 2.28. The van der Waals surface area contributed by atoms with Gasteiger partial charge >= 0.3 is 0 Å². The Labute approximate surface area is 421 Å². The van der Waals surface area contributed by atoms with E-state index in [2.05, 4.69) is 101 Å². The van der Waals surface area contributed by atoms with Crippen LogP contribution in [0.5, 0.6) is 23.0 Å². The first-order chi connectivity index (χ1) is 32.5. The number of aromatic hydroxyl groups is 3. The van der Waals surface area contributed by atoms with Gasteiger partial charge in [-0.25, -0.2) is 0 Å². The molecule has 0 fully saturated rings. The van der Waals surface area contributed by atoms with Crippen LogP contribution in [0.1, 0.15) is 210 Å². The molecule has 0 unspecified atom stereocenters. The van der Waals surface area contributed by atoms with Crippen molar-refractivity contribution in [2.75, 3.05) is 17.2 Å². The van der Waals surface area contributed by atoms with Gasteiger partial charge in [0.15, 0.2) is 0 Å². The Morgan fingerprint density at radius 2 is 0.886 bits per heavy atom. The average molecular weight is 964 g/mol. The molecule has 2 amide bonds. The van der Waals surface area contributed by atoms with E-state index in [9.17, 15) is 30.1 Å². The molecule has 0 atom stereocenters. The molecule has 70 heavy (non-hydrogen) atoms. The lowest BCUT2D eigenvalue weighted by molar-refractivity contribution is -0.117. The summed E-state index contributed by atoms with van der Waals surface area (Å²) in [6.07, 6.45) is 10.8. The Morgan fingerprint density at radius 1 is 0.514 bits per heavy atom. The number of phenols is 3. The summed E-state index contributed by atoms with van der Waals surface area (Å²) in [6, 6.07) is 15.2. The van der Waals surface area contributed by atoms with Crippen LogP contribution in [0.15, 0.2) is 48.5 Å². The number of unbranched alkanes of at least 4 members (excludes halogenated alkanes) is 7. The number of anilines is 2. The lowest BCUT2D eigenvalue weighted by Crippen LogP contribution is -2.20. The van der Waals surface area contributed by atoms with Crippen molar-refractivity contribution in [3.63, 3.8) is 0 Å². The molecule has 386 valence electrons. The first-order valence-electron chi connectivity index (χ1n) is 25.9. The molecule has 0 aliphatic heterocycles. The van der Waals surface area contributed by atoms with Crippen LogP contribution in [0.25, 0.3) is 0 Å². The van der Waals surface area contributed by atoms with Crippen molar-refractivity contribution in [2.24, 2.45) is 0 Å². The van der Waals surface area contributed by atoms with E-state index in [-0.39, 0.29) is 65.2 Å². The van der Waals surface area contributed by atoms with Gasteiger partial charge in [-0.2, -0.15) is 5.06 Å². The van der Waals surface area contributed by atoms with Gasteiger partial charge in [0, 0.05) is 35.3 Å². The minimum atomic E-state index is -0.285. The van der Waals surface area contributed by atoms with Gasteiger partial charge in [0.1, 0.15) is 23.0 Å². The second-order valence-electron chi connectivity index (χ2n) is 23.9. The van der Waals surface area contributed by atoms with E-state index in [0.717, 1.165) is 63.3 Å². The zero-order valence-corrected chi connectivity index (χ0v) is 45.7. The number of amides is 2. The number of hydrogen-bond donors (Lipinski definition) is 6. The molecule has 0 aliphatic carbocycles. The van der Waals surface area contributed by atoms with Crippen molar-refractivity contribution < 1.29 is 34.9 Å². The maximum Gasteiger partial charge on any atom is 0.224 e. The number of ether oxygens (including phenoxy) is 1. The van der Waals surface area contributed by atoms with E-state index in [1.807, 2.05) is 43.3 Å². The summed E-state index contributed by atoms with van der Waals surface area (Å²) in [5.74, 6) is 0.928. The van der Waals surface area contributed by atoms with Crippen LogP contribution in [0.2, 0.25) is 0 Å². The smallest absolute Gasteiger partial charge is 0.224 e. The van der Waals surface area contributed by atoms with Crippen LogP contribution < -0.4 is 15.4 Å². The Morgan fingerprint density at radius 3 is 1.30 bits per heavy atom. The normalized spacial score (nSPS) is 12.4. The lowest BCUT2D eigenvalue weighted by atomic mass is 9.78. The number of rotatable bonds is 22. The second-order valence-corrected chi connectivity index (χ2v) is 23.9. The molecule has 0 aliphatic rings. The third-order valence-corrected chi connectivity index (χ3v) is 13.1. The summed E-state index contributed by atoms with van der Waals surface area (Å²) in [5, 5.41) is 52.5. The van der Waals surface area contributed by atoms with E-state index < -0.39 is 0 Å². The van der Waals surface area contributed by atoms with Crippen LogP contribution in [0.3, 0.4) is 0 Å². The van der Waals surface area contributed by atoms with Crippen molar-refractivity contribution >= 4 is 23.2 Å². The van der Waals surface area contributed by atoms with Gasteiger partial charge in [0.2, 0.25) is 11.8 Å². The highest BCUT2D eigenvalue weighted by molar-refractivity contribution is 5.92. The Balaban J connectivity index is 1.52. The first kappa shape index (κ1) is 57.5. The van der Waals surface area contributed by atoms with Crippen LogP contribution in [-0.2, 0) is 57.2 Å². The molecule has 4 aromatic carbocycles. The van der Waals surface area contributed by atoms with Gasteiger partial charge in [-0.1, -0.05) is 159 Å². The SMILES string of the molecule is CCCCCCCCCCOc1c(C)cc(NC(=O)CCc2cc(C(C)(C)C)c(O)c(C(C)(C)C)c2)cc1CN(O)Cc1cc(NC(=O)CCc2cc(C(C)(C)C)c(O)c(C(C)(C)C)c2)cc(C)c1O. The zero-order chi connectivity index (χ0) is 52.4. The largest absolute Gasteiger partial charge is 0.507 e. The number of nitrogens with zero attached hydrogens (tertiary/aromatic N) is 1. The Hall–Kier alpha value is -5.06. The van der Waals surface area contributed by atoms with Gasteiger partial charge in [-0.15, -0.1) is 0 Å². The van der Waals surface area contributed by atoms with E-state index in [1.54, 1.807) is 19.1 Å². The Kier molecular flexibility index (Phi) is 20.0. The average Bonchev–Trinajstić information content (AvgIpc) is 3.23. The predicted molar refractivity (Wildman–Crippen MR) is 288 cm³/mol. The summed E-state index contributed by atoms with van der Waals surface area (Å²) >= 11 is 0. The van der Waals surface area contributed by atoms with Crippen molar-refractivity contribution in [1.82, 2.24) is 5.06 Å². The van der Waals surface area contributed by atoms with Crippen LogP contribution >= 0.6 is 0 Å². The van der Waals surface area contributed by atoms with E-state index in [1.165, 1.54) is 32.1 Å². The van der Waals surface area contributed by atoms with E-state index in [4.69, 9.17) is 4.74 Å². The maximum atomic E-state index is 13.6. The fourth-order valence-electron chi connectivity index (χ4n) is 9.07. The fourth-order valence-corrected chi connectivity index (χ4v) is 9.07. The molecule has 0 radical (unpaired) electrons. The summed E-state index contributed by atoms with van der Waals surface area (Å²) in [5.41, 5.74) is 7.82. The minimum Gasteiger partial charge on any atom is -0.507 e. The number of hydrogen-bond acceptors (Lipinski definition) is 8. The Bertz CT molecular complexity index is 2340. The predicted octanol–water partition coefficient (Wildman–Crippen LogP) is 14.7. The quantitative estimate of drug-likeness (QED) is 0.0259. The molecule has 6 N–H and O–H groups in total. The van der Waals surface area contributed by atoms with Gasteiger partial charge in [-0.3, -0.25) is 9.59 Å². The van der Waals surface area contributed by atoms with Crippen LogP contribution in [0, 0.1) is 13.8 Å². The van der Waals surface area contributed by atoms with Gasteiger partial charge in [-0.05, 0) is 124 Å². The van der Waals surface area contributed by atoms with E-state index in [0.29, 0.717) is 64.8 Å². The molecular weight excluding hydrogens is 875 g/mol. The molecule has 0 bridgehead atoms. The van der Waals surface area contributed by atoms with Crippen molar-refractivity contribution in [2.45, 2.75) is 216 Å². The fraction of sp³-hybridized carbons (Fsp3) is 0.567. The molecule has 0 saturated heterocycles. The summed E-state index contributed by atoms with van der Waals surface area (Å²) in [4.78, 5) is 27.1. The molecule has 0 saturated carbocycles. The van der Waals surface area contributed by atoms with Crippen LogP contribution in [0.4, 0.5) is 11.4 Å². The highest BCUT2D eigenvalue weighted by atomic mass is 16.5. The number of nitrogens with one attached hydrogen (secondary N) is 2. The lowest BCUT2D eigenvalue weighted by Gasteiger charge is -2.28. The third-order valence-electron chi connectivity index (χ3n) is 13.1. The minimum absolute atomic E-state index is 0.0202. The number of carbonyl (C=O) groups is 2. The third kappa shape index (κ3) is 16.8. The standard InChI is InChI=1S/C60H89N3O7/c1-16-17-18-19-20-21-22-23-28-70-56-40(3)30-46(62-52(65)27-25-42-33-49(59(10,11)12)55(68)50(34-42)60(13,14)15)36-44(56)38-63(69)37-43-35-45(29-39(2)53(43)66)61-51(64)26-24-41-31-47(57(4,5)6)54(67)48(32-41)58(7,8)9/h29-36,66-69H,16-28,37-38H2,1-15H3,(H,61,64)(H,62,65). The van der Waals surface area contributed by atoms with Crippen molar-refractivity contribution in [3.05, 3.63) is 104 Å². The molecule has 4 rings (SSSR count). The van der Waals surface area contributed by atoms with Crippen LogP contribution in [-0.4, -0.2) is 44.0 Å².